The Morgan fingerprint density at radius 2 is 1.87 bits per heavy atom. The third-order valence-electron chi connectivity index (χ3n) is 5.45. The summed E-state index contributed by atoms with van der Waals surface area (Å²) in [6.07, 6.45) is 6.52. The lowest BCUT2D eigenvalue weighted by Crippen LogP contribution is -2.46. The van der Waals surface area contributed by atoms with Crippen LogP contribution in [0, 0.1) is 23.7 Å². The van der Waals surface area contributed by atoms with Crippen LogP contribution in [0.5, 0.6) is 5.75 Å². The van der Waals surface area contributed by atoms with Crippen molar-refractivity contribution in [2.45, 2.75) is 32.1 Å². The van der Waals surface area contributed by atoms with Crippen LogP contribution in [0.3, 0.4) is 0 Å². The van der Waals surface area contributed by atoms with Crippen molar-refractivity contribution < 1.29 is 9.53 Å². The second-order valence-electron chi connectivity index (χ2n) is 7.12. The number of nitrogens with zero attached hydrogens (tertiary/aromatic N) is 1. The minimum atomic E-state index is -0.189. The van der Waals surface area contributed by atoms with Crippen molar-refractivity contribution in [2.75, 3.05) is 6.61 Å². The van der Waals surface area contributed by atoms with E-state index in [9.17, 15) is 4.79 Å². The highest BCUT2D eigenvalue weighted by molar-refractivity contribution is 9.10. The van der Waals surface area contributed by atoms with Crippen molar-refractivity contribution in [1.29, 1.82) is 0 Å². The molecule has 5 rings (SSSR count). The summed E-state index contributed by atoms with van der Waals surface area (Å²) in [5.41, 5.74) is 3.95. The number of carbonyl (C=O) groups is 1. The fraction of sp³-hybridized carbons (Fsp3) is 0.556. The van der Waals surface area contributed by atoms with Crippen LogP contribution < -0.4 is 10.2 Å². The maximum atomic E-state index is 12.0. The number of carbonyl (C=O) groups excluding carboxylic acids is 1. The highest BCUT2D eigenvalue weighted by Crippen LogP contribution is 2.52. The normalized spacial score (nSPS) is 31.1. The molecule has 4 fully saturated rings. The summed E-state index contributed by atoms with van der Waals surface area (Å²) < 4.78 is 6.43. The van der Waals surface area contributed by atoms with Gasteiger partial charge in [-0.15, -0.1) is 0 Å². The zero-order valence-corrected chi connectivity index (χ0v) is 14.6. The van der Waals surface area contributed by atoms with Crippen LogP contribution in [0.1, 0.15) is 32.1 Å². The van der Waals surface area contributed by atoms with Gasteiger partial charge >= 0.3 is 0 Å². The molecule has 4 saturated carbocycles. The van der Waals surface area contributed by atoms with Gasteiger partial charge in [0, 0.05) is 10.2 Å². The number of benzene rings is 1. The zero-order valence-electron chi connectivity index (χ0n) is 13.0. The summed E-state index contributed by atoms with van der Waals surface area (Å²) in [5, 5.41) is 4.48. The molecule has 4 nitrogen and oxygen atoms in total. The Hall–Kier alpha value is -1.36. The van der Waals surface area contributed by atoms with E-state index in [1.807, 2.05) is 24.3 Å². The van der Waals surface area contributed by atoms with E-state index in [1.165, 1.54) is 37.8 Å². The molecule has 0 unspecified atom stereocenters. The van der Waals surface area contributed by atoms with Crippen molar-refractivity contribution >= 4 is 27.5 Å². The van der Waals surface area contributed by atoms with Crippen LogP contribution in [0.2, 0.25) is 0 Å². The molecule has 122 valence electrons. The van der Waals surface area contributed by atoms with Crippen LogP contribution in [-0.2, 0) is 4.79 Å². The largest absolute Gasteiger partial charge is 0.484 e. The molecule has 1 aromatic rings. The predicted molar refractivity (Wildman–Crippen MR) is 92.3 cm³/mol. The molecule has 23 heavy (non-hydrogen) atoms. The smallest absolute Gasteiger partial charge is 0.277 e. The van der Waals surface area contributed by atoms with E-state index in [4.69, 9.17) is 4.74 Å². The minimum Gasteiger partial charge on any atom is -0.484 e. The molecule has 0 heterocycles. The Bertz CT molecular complexity index is 614. The van der Waals surface area contributed by atoms with Gasteiger partial charge in [-0.3, -0.25) is 4.79 Å². The Labute approximate surface area is 144 Å². The van der Waals surface area contributed by atoms with Crippen LogP contribution in [-0.4, -0.2) is 18.2 Å². The number of amides is 1. The van der Waals surface area contributed by atoms with E-state index >= 15 is 0 Å². The number of nitrogens with one attached hydrogen (secondary N) is 1. The van der Waals surface area contributed by atoms with Gasteiger partial charge in [-0.25, -0.2) is 5.43 Å². The van der Waals surface area contributed by atoms with Crippen molar-refractivity contribution in [2.24, 2.45) is 28.8 Å². The van der Waals surface area contributed by atoms with Gasteiger partial charge in [-0.05, 0) is 74.0 Å². The third kappa shape index (κ3) is 3.30. The maximum Gasteiger partial charge on any atom is 0.277 e. The first kappa shape index (κ1) is 15.2. The molecule has 0 spiro atoms. The average Bonchev–Trinajstić information content (AvgIpc) is 2.52. The summed E-state index contributed by atoms with van der Waals surface area (Å²) in [5.74, 6) is 3.53. The molecule has 0 aromatic heterocycles. The standard InChI is InChI=1S/C18H21BrN2O2/c19-15-2-1-3-16(9-15)23-10-17(22)20-21-18-13-5-11-4-12(7-13)8-14(18)6-11/h1-3,9,11-14H,4-8,10H2,(H,20,22). The first-order valence-corrected chi connectivity index (χ1v) is 9.21. The van der Waals surface area contributed by atoms with Gasteiger partial charge in [0.25, 0.3) is 5.91 Å². The summed E-state index contributed by atoms with van der Waals surface area (Å²) in [6.45, 7) is -0.00613. The van der Waals surface area contributed by atoms with Crippen LogP contribution in [0.25, 0.3) is 0 Å². The molecule has 1 amide bonds. The first-order chi connectivity index (χ1) is 11.2. The quantitative estimate of drug-likeness (QED) is 0.813. The topological polar surface area (TPSA) is 50.7 Å². The Morgan fingerprint density at radius 1 is 1.17 bits per heavy atom. The molecule has 0 radical (unpaired) electrons. The molecule has 4 aliphatic carbocycles. The van der Waals surface area contributed by atoms with Gasteiger partial charge < -0.3 is 4.74 Å². The Balaban J connectivity index is 1.33. The van der Waals surface area contributed by atoms with Crippen molar-refractivity contribution in [3.05, 3.63) is 28.7 Å². The molecular formula is C18H21BrN2O2. The van der Waals surface area contributed by atoms with Gasteiger partial charge in [0.2, 0.25) is 0 Å². The molecule has 0 saturated heterocycles. The number of rotatable bonds is 4. The second-order valence-corrected chi connectivity index (χ2v) is 8.04. The third-order valence-corrected chi connectivity index (χ3v) is 5.94. The lowest BCUT2D eigenvalue weighted by Gasteiger charge is -2.50. The van der Waals surface area contributed by atoms with E-state index in [1.54, 1.807) is 0 Å². The van der Waals surface area contributed by atoms with Crippen LogP contribution in [0.4, 0.5) is 0 Å². The van der Waals surface area contributed by atoms with Gasteiger partial charge in [-0.1, -0.05) is 22.0 Å². The average molecular weight is 377 g/mol. The number of halogens is 1. The van der Waals surface area contributed by atoms with Crippen molar-refractivity contribution in [3.8, 4) is 5.75 Å². The molecular weight excluding hydrogens is 356 g/mol. The Morgan fingerprint density at radius 3 is 2.52 bits per heavy atom. The fourth-order valence-corrected chi connectivity index (χ4v) is 5.09. The van der Waals surface area contributed by atoms with Gasteiger partial charge in [0.15, 0.2) is 6.61 Å². The molecule has 4 aliphatic rings. The van der Waals surface area contributed by atoms with Crippen molar-refractivity contribution in [1.82, 2.24) is 5.43 Å². The van der Waals surface area contributed by atoms with Gasteiger partial charge in [0.05, 0.1) is 0 Å². The van der Waals surface area contributed by atoms with E-state index in [-0.39, 0.29) is 12.5 Å². The lowest BCUT2D eigenvalue weighted by atomic mass is 9.55. The monoisotopic (exact) mass is 376 g/mol. The number of hydrogen-bond acceptors (Lipinski definition) is 3. The summed E-state index contributed by atoms with van der Waals surface area (Å²) in [6, 6.07) is 7.48. The van der Waals surface area contributed by atoms with Crippen LogP contribution >= 0.6 is 15.9 Å². The van der Waals surface area contributed by atoms with Gasteiger partial charge in [-0.2, -0.15) is 5.10 Å². The summed E-state index contributed by atoms with van der Waals surface area (Å²) in [7, 11) is 0. The fourth-order valence-electron chi connectivity index (χ4n) is 4.71. The Kier molecular flexibility index (Phi) is 4.14. The highest BCUT2D eigenvalue weighted by Gasteiger charge is 2.46. The molecule has 1 N–H and O–H groups in total. The lowest BCUT2D eigenvalue weighted by molar-refractivity contribution is -0.123. The maximum absolute atomic E-state index is 12.0. The van der Waals surface area contributed by atoms with E-state index in [0.717, 1.165) is 16.3 Å². The number of ether oxygens (including phenoxy) is 1. The predicted octanol–water partition coefficient (Wildman–Crippen LogP) is 3.76. The van der Waals surface area contributed by atoms with E-state index in [0.29, 0.717) is 17.6 Å². The van der Waals surface area contributed by atoms with Gasteiger partial charge in [0.1, 0.15) is 5.75 Å². The zero-order chi connectivity index (χ0) is 15.8. The summed E-state index contributed by atoms with van der Waals surface area (Å²) >= 11 is 3.39. The molecule has 5 heteroatoms. The molecule has 0 aliphatic heterocycles. The van der Waals surface area contributed by atoms with E-state index < -0.39 is 0 Å². The minimum absolute atomic E-state index is 0.00613. The highest BCUT2D eigenvalue weighted by atomic mass is 79.9. The summed E-state index contributed by atoms with van der Waals surface area (Å²) in [4.78, 5) is 12.0. The molecule has 1 aromatic carbocycles. The molecule has 0 atom stereocenters. The number of hydrogen-bond donors (Lipinski definition) is 1. The van der Waals surface area contributed by atoms with Crippen molar-refractivity contribution in [3.63, 3.8) is 0 Å². The van der Waals surface area contributed by atoms with Crippen LogP contribution in [0.15, 0.2) is 33.8 Å². The van der Waals surface area contributed by atoms with E-state index in [2.05, 4.69) is 26.5 Å². The molecule has 4 bridgehead atoms. The first-order valence-electron chi connectivity index (χ1n) is 8.42. The number of hydrazone groups is 1. The SMILES string of the molecule is O=C(COc1cccc(Br)c1)NN=C1C2CC3CC(C2)CC1C3. The second kappa shape index (κ2) is 6.27.